The van der Waals surface area contributed by atoms with Gasteiger partial charge in [-0.05, 0) is 97.6 Å². The highest BCUT2D eigenvalue weighted by Gasteiger charge is 2.27. The molecule has 0 spiro atoms. The lowest BCUT2D eigenvalue weighted by Gasteiger charge is -2.23. The van der Waals surface area contributed by atoms with Crippen molar-refractivity contribution in [2.24, 2.45) is 4.99 Å². The van der Waals surface area contributed by atoms with E-state index < -0.39 is 0 Å². The van der Waals surface area contributed by atoms with Crippen LogP contribution < -0.4 is 10.1 Å². The smallest absolute Gasteiger partial charge is 0.254 e. The van der Waals surface area contributed by atoms with Crippen molar-refractivity contribution in [2.45, 2.75) is 83.8 Å². The number of aryl methyl sites for hydroxylation is 1. The summed E-state index contributed by atoms with van der Waals surface area (Å²) in [4.78, 5) is 19.4. The molecular weight excluding hydrogens is 472 g/mol. The quantitative estimate of drug-likeness (QED) is 0.432. The maximum Gasteiger partial charge on any atom is 0.254 e. The molecule has 1 saturated carbocycles. The fourth-order valence-electron chi connectivity index (χ4n) is 4.46. The van der Waals surface area contributed by atoms with Crippen molar-refractivity contribution in [1.29, 1.82) is 0 Å². The van der Waals surface area contributed by atoms with E-state index in [-0.39, 0.29) is 12.0 Å². The number of amides is 1. The Morgan fingerprint density at radius 3 is 2.71 bits per heavy atom. The third-order valence-corrected chi connectivity index (χ3v) is 7.79. The molecule has 1 aromatic carbocycles. The molecule has 1 fully saturated rings. The molecule has 0 radical (unpaired) electrons. The predicted molar refractivity (Wildman–Crippen MR) is 132 cm³/mol. The van der Waals surface area contributed by atoms with Gasteiger partial charge in [-0.25, -0.2) is 4.99 Å². The molecule has 4 rings (SSSR count). The first-order valence-electron chi connectivity index (χ1n) is 11.5. The molecule has 1 amide bonds. The molecule has 166 valence electrons. The molecule has 31 heavy (non-hydrogen) atoms. The third-order valence-electron chi connectivity index (χ3n) is 5.97. The number of halogens is 1. The van der Waals surface area contributed by atoms with E-state index in [1.54, 1.807) is 11.3 Å². The van der Waals surface area contributed by atoms with Gasteiger partial charge in [0.1, 0.15) is 10.8 Å². The van der Waals surface area contributed by atoms with Gasteiger partial charge in [-0.1, -0.05) is 19.3 Å². The Balaban J connectivity index is 1.58. The number of benzene rings is 1. The van der Waals surface area contributed by atoms with Gasteiger partial charge in [0.25, 0.3) is 5.91 Å². The number of ether oxygens (including phenoxy) is 1. The lowest BCUT2D eigenvalue weighted by molar-refractivity contribution is 0.0927. The van der Waals surface area contributed by atoms with E-state index in [1.165, 1.54) is 36.1 Å². The minimum absolute atomic E-state index is 0.0697. The highest BCUT2D eigenvalue weighted by atomic mass is 79.9. The van der Waals surface area contributed by atoms with Crippen LogP contribution in [0.2, 0.25) is 0 Å². The lowest BCUT2D eigenvalue weighted by Crippen LogP contribution is -2.36. The van der Waals surface area contributed by atoms with E-state index >= 15 is 0 Å². The Labute approximate surface area is 197 Å². The number of hydrogen-bond donors (Lipinski definition) is 1. The summed E-state index contributed by atoms with van der Waals surface area (Å²) in [6.07, 6.45) is 12.3. The summed E-state index contributed by atoms with van der Waals surface area (Å²) < 4.78 is 6.71. The van der Waals surface area contributed by atoms with Crippen LogP contribution in [0.3, 0.4) is 0 Å². The Kier molecular flexibility index (Phi) is 7.49. The first-order chi connectivity index (χ1) is 15.0. The SMILES string of the molecule is CC(C)Oc1ccc(C=Nc2sc3c(c2C(=O)NC2CCCCC2)CCCC3)cc1Br. The Morgan fingerprint density at radius 1 is 1.19 bits per heavy atom. The molecule has 0 bridgehead atoms. The van der Waals surface area contributed by atoms with Gasteiger partial charge in [0, 0.05) is 17.1 Å². The van der Waals surface area contributed by atoms with Crippen molar-refractivity contribution >= 4 is 44.4 Å². The van der Waals surface area contributed by atoms with Crippen LogP contribution in [0.5, 0.6) is 5.75 Å². The second-order valence-electron chi connectivity index (χ2n) is 8.81. The third kappa shape index (κ3) is 5.58. The molecule has 1 heterocycles. The van der Waals surface area contributed by atoms with Crippen molar-refractivity contribution in [1.82, 2.24) is 5.32 Å². The number of aliphatic imine (C=N–C) groups is 1. The van der Waals surface area contributed by atoms with Gasteiger partial charge in [-0.3, -0.25) is 4.79 Å². The van der Waals surface area contributed by atoms with Gasteiger partial charge >= 0.3 is 0 Å². The predicted octanol–water partition coefficient (Wildman–Crippen LogP) is 6.99. The Bertz CT molecular complexity index is 961. The van der Waals surface area contributed by atoms with Crippen molar-refractivity contribution in [3.05, 3.63) is 44.2 Å². The molecule has 1 N–H and O–H groups in total. The van der Waals surface area contributed by atoms with E-state index in [2.05, 4.69) is 21.2 Å². The zero-order valence-corrected chi connectivity index (χ0v) is 20.8. The second kappa shape index (κ2) is 10.3. The molecule has 6 heteroatoms. The maximum atomic E-state index is 13.3. The van der Waals surface area contributed by atoms with Gasteiger partial charge in [0.15, 0.2) is 0 Å². The minimum Gasteiger partial charge on any atom is -0.490 e. The van der Waals surface area contributed by atoms with Gasteiger partial charge in [-0.15, -0.1) is 11.3 Å². The van der Waals surface area contributed by atoms with E-state index in [4.69, 9.17) is 9.73 Å². The molecule has 2 aliphatic carbocycles. The summed E-state index contributed by atoms with van der Waals surface area (Å²) in [7, 11) is 0. The summed E-state index contributed by atoms with van der Waals surface area (Å²) in [5.74, 6) is 0.895. The minimum atomic E-state index is 0.0697. The number of thiophene rings is 1. The van der Waals surface area contributed by atoms with Crippen molar-refractivity contribution < 1.29 is 9.53 Å². The highest BCUT2D eigenvalue weighted by molar-refractivity contribution is 9.10. The molecule has 0 atom stereocenters. The summed E-state index contributed by atoms with van der Waals surface area (Å²) >= 11 is 5.29. The Morgan fingerprint density at radius 2 is 1.97 bits per heavy atom. The molecular formula is C25H31BrN2O2S. The summed E-state index contributed by atoms with van der Waals surface area (Å²) in [5, 5.41) is 4.16. The number of nitrogens with one attached hydrogen (secondary N) is 1. The van der Waals surface area contributed by atoms with Crippen molar-refractivity contribution in [3.63, 3.8) is 0 Å². The molecule has 2 aromatic rings. The maximum absolute atomic E-state index is 13.3. The summed E-state index contributed by atoms with van der Waals surface area (Å²) in [5.41, 5.74) is 3.03. The van der Waals surface area contributed by atoms with Crippen LogP contribution in [0.4, 0.5) is 5.00 Å². The monoisotopic (exact) mass is 502 g/mol. The molecule has 0 saturated heterocycles. The zero-order chi connectivity index (χ0) is 21.8. The van der Waals surface area contributed by atoms with Crippen LogP contribution >= 0.6 is 27.3 Å². The number of fused-ring (bicyclic) bond motifs is 1. The zero-order valence-electron chi connectivity index (χ0n) is 18.4. The Hall–Kier alpha value is -1.66. The first kappa shape index (κ1) is 22.5. The van der Waals surface area contributed by atoms with Crippen LogP contribution in [0.25, 0.3) is 0 Å². The molecule has 2 aliphatic rings. The van der Waals surface area contributed by atoms with Crippen LogP contribution in [0, 0.1) is 0 Å². The average Bonchev–Trinajstić information content (AvgIpc) is 3.13. The van der Waals surface area contributed by atoms with Gasteiger partial charge < -0.3 is 10.1 Å². The van der Waals surface area contributed by atoms with Crippen molar-refractivity contribution in [3.8, 4) is 5.75 Å². The highest BCUT2D eigenvalue weighted by Crippen LogP contribution is 2.40. The average molecular weight is 504 g/mol. The van der Waals surface area contributed by atoms with Crippen LogP contribution in [-0.2, 0) is 12.8 Å². The number of nitrogens with zero attached hydrogens (tertiary/aromatic N) is 1. The van der Waals surface area contributed by atoms with E-state index in [0.717, 1.165) is 58.5 Å². The number of carbonyl (C=O) groups is 1. The largest absolute Gasteiger partial charge is 0.490 e. The van der Waals surface area contributed by atoms with Gasteiger partial charge in [0.05, 0.1) is 16.1 Å². The molecule has 0 aliphatic heterocycles. The van der Waals surface area contributed by atoms with Gasteiger partial charge in [-0.2, -0.15) is 0 Å². The van der Waals surface area contributed by atoms with Gasteiger partial charge in [0.2, 0.25) is 0 Å². The number of hydrogen-bond acceptors (Lipinski definition) is 4. The lowest BCUT2D eigenvalue weighted by atomic mass is 9.93. The van der Waals surface area contributed by atoms with E-state index in [0.29, 0.717) is 6.04 Å². The fourth-order valence-corrected chi connectivity index (χ4v) is 6.18. The fraction of sp³-hybridized carbons (Fsp3) is 0.520. The topological polar surface area (TPSA) is 50.7 Å². The van der Waals surface area contributed by atoms with E-state index in [9.17, 15) is 4.79 Å². The molecule has 1 aromatic heterocycles. The van der Waals surface area contributed by atoms with Crippen molar-refractivity contribution in [2.75, 3.05) is 0 Å². The van der Waals surface area contributed by atoms with Crippen LogP contribution in [0.1, 0.15) is 85.2 Å². The number of rotatable bonds is 6. The summed E-state index contributed by atoms with van der Waals surface area (Å²) in [6.45, 7) is 4.03. The normalized spacial score (nSPS) is 17.2. The number of carbonyl (C=O) groups excluding carboxylic acids is 1. The molecule has 4 nitrogen and oxygen atoms in total. The van der Waals surface area contributed by atoms with E-state index in [1.807, 2.05) is 38.3 Å². The van der Waals surface area contributed by atoms with Crippen LogP contribution in [0.15, 0.2) is 27.7 Å². The van der Waals surface area contributed by atoms with Crippen LogP contribution in [-0.4, -0.2) is 24.3 Å². The standard InChI is InChI=1S/C25H31BrN2O2S/c1-16(2)30-21-13-12-17(14-20(21)26)15-27-25-23(19-10-6-7-11-22(19)31-25)24(29)28-18-8-4-3-5-9-18/h12-16,18H,3-11H2,1-2H3,(H,28,29). The molecule has 0 unspecified atom stereocenters. The summed E-state index contributed by atoms with van der Waals surface area (Å²) in [6, 6.07) is 6.28. The second-order valence-corrected chi connectivity index (χ2v) is 10.8. The first-order valence-corrected chi connectivity index (χ1v) is 13.1.